The van der Waals surface area contributed by atoms with Crippen molar-refractivity contribution < 1.29 is 4.74 Å². The van der Waals surface area contributed by atoms with E-state index in [2.05, 4.69) is 5.32 Å². The van der Waals surface area contributed by atoms with Crippen molar-refractivity contribution in [2.24, 2.45) is 0 Å². The van der Waals surface area contributed by atoms with E-state index in [-0.39, 0.29) is 6.10 Å². The Morgan fingerprint density at radius 1 is 1.40 bits per heavy atom. The molecule has 15 heavy (non-hydrogen) atoms. The van der Waals surface area contributed by atoms with Gasteiger partial charge in [0.1, 0.15) is 0 Å². The number of ether oxygens (including phenoxy) is 1. The molecule has 2 nitrogen and oxygen atoms in total. The molecular formula is C11H15Cl2NO. The van der Waals surface area contributed by atoms with Gasteiger partial charge in [0.2, 0.25) is 0 Å². The van der Waals surface area contributed by atoms with Gasteiger partial charge < -0.3 is 10.1 Å². The third kappa shape index (κ3) is 3.65. The Balaban J connectivity index is 2.89. The van der Waals surface area contributed by atoms with Crippen LogP contribution in [0.25, 0.3) is 0 Å². The molecule has 84 valence electrons. The summed E-state index contributed by atoms with van der Waals surface area (Å²) in [6.45, 7) is 3.35. The summed E-state index contributed by atoms with van der Waals surface area (Å²) in [5.74, 6) is 0. The minimum absolute atomic E-state index is 0.0234. The zero-order chi connectivity index (χ0) is 11.3. The molecule has 0 aromatic heterocycles. The zero-order valence-electron chi connectivity index (χ0n) is 8.89. The van der Waals surface area contributed by atoms with E-state index in [1.54, 1.807) is 6.07 Å². The largest absolute Gasteiger partial charge is 0.372 e. The van der Waals surface area contributed by atoms with Gasteiger partial charge in [-0.05, 0) is 26.1 Å². The van der Waals surface area contributed by atoms with Crippen molar-refractivity contribution in [1.29, 1.82) is 0 Å². The number of hydrogen-bond donors (Lipinski definition) is 1. The number of hydrogen-bond acceptors (Lipinski definition) is 2. The maximum Gasteiger partial charge on any atom is 0.0963 e. The quantitative estimate of drug-likeness (QED) is 0.863. The monoisotopic (exact) mass is 247 g/mol. The first-order valence-corrected chi connectivity index (χ1v) is 5.65. The molecule has 0 fully saturated rings. The van der Waals surface area contributed by atoms with Gasteiger partial charge in [0.15, 0.2) is 0 Å². The number of benzene rings is 1. The Kier molecular flexibility index (Phi) is 5.40. The molecule has 1 N–H and O–H groups in total. The van der Waals surface area contributed by atoms with Crippen LogP contribution in [-0.4, -0.2) is 20.2 Å². The molecule has 0 aliphatic heterocycles. The molecule has 0 aliphatic carbocycles. The van der Waals surface area contributed by atoms with Crippen molar-refractivity contribution in [3.05, 3.63) is 33.8 Å². The normalized spacial score (nSPS) is 12.8. The summed E-state index contributed by atoms with van der Waals surface area (Å²) in [7, 11) is 1.88. The molecule has 1 rings (SSSR count). The molecule has 1 atom stereocenters. The van der Waals surface area contributed by atoms with Crippen LogP contribution in [0.5, 0.6) is 0 Å². The summed E-state index contributed by atoms with van der Waals surface area (Å²) in [6, 6.07) is 5.47. The van der Waals surface area contributed by atoms with Gasteiger partial charge in [0, 0.05) is 28.8 Å². The Bertz CT molecular complexity index is 311. The average molecular weight is 248 g/mol. The van der Waals surface area contributed by atoms with E-state index in [0.717, 1.165) is 12.1 Å². The first-order chi connectivity index (χ1) is 7.19. The summed E-state index contributed by atoms with van der Waals surface area (Å²) in [5.41, 5.74) is 0.970. The van der Waals surface area contributed by atoms with Crippen LogP contribution in [0.4, 0.5) is 0 Å². The Labute approximate surface area is 101 Å². The Hall–Kier alpha value is -0.280. The van der Waals surface area contributed by atoms with Gasteiger partial charge >= 0.3 is 0 Å². The van der Waals surface area contributed by atoms with Crippen LogP contribution in [0.2, 0.25) is 10.0 Å². The molecule has 0 heterocycles. The second-order valence-corrected chi connectivity index (χ2v) is 4.01. The molecule has 0 aliphatic rings. The summed E-state index contributed by atoms with van der Waals surface area (Å²) >= 11 is 11.9. The van der Waals surface area contributed by atoms with Crippen molar-refractivity contribution in [3.63, 3.8) is 0 Å². The highest BCUT2D eigenvalue weighted by atomic mass is 35.5. The van der Waals surface area contributed by atoms with Gasteiger partial charge in [-0.25, -0.2) is 0 Å². The lowest BCUT2D eigenvalue weighted by atomic mass is 10.1. The summed E-state index contributed by atoms with van der Waals surface area (Å²) in [6.07, 6.45) is -0.0234. The number of rotatable bonds is 5. The SMILES string of the molecule is CCOC(CNC)c1ccc(Cl)cc1Cl. The molecule has 0 saturated heterocycles. The smallest absolute Gasteiger partial charge is 0.0963 e. The van der Waals surface area contributed by atoms with Crippen molar-refractivity contribution in [2.75, 3.05) is 20.2 Å². The fourth-order valence-electron chi connectivity index (χ4n) is 1.41. The predicted octanol–water partition coefficient (Wildman–Crippen LogP) is 3.29. The third-order valence-corrected chi connectivity index (χ3v) is 2.63. The third-order valence-electron chi connectivity index (χ3n) is 2.07. The summed E-state index contributed by atoms with van der Waals surface area (Å²) in [5, 5.41) is 4.37. The van der Waals surface area contributed by atoms with Crippen LogP contribution in [-0.2, 0) is 4.74 Å². The minimum atomic E-state index is -0.0234. The van der Waals surface area contributed by atoms with Crippen LogP contribution in [0.15, 0.2) is 18.2 Å². The van der Waals surface area contributed by atoms with Gasteiger partial charge in [-0.15, -0.1) is 0 Å². The summed E-state index contributed by atoms with van der Waals surface area (Å²) < 4.78 is 5.60. The zero-order valence-corrected chi connectivity index (χ0v) is 10.4. The summed E-state index contributed by atoms with van der Waals surface area (Å²) in [4.78, 5) is 0. The second-order valence-electron chi connectivity index (χ2n) is 3.17. The molecule has 1 aromatic carbocycles. The van der Waals surface area contributed by atoms with Gasteiger partial charge in [0.05, 0.1) is 6.10 Å². The van der Waals surface area contributed by atoms with Crippen LogP contribution in [0.3, 0.4) is 0 Å². The van der Waals surface area contributed by atoms with Gasteiger partial charge in [-0.1, -0.05) is 29.3 Å². The lowest BCUT2D eigenvalue weighted by molar-refractivity contribution is 0.0639. The van der Waals surface area contributed by atoms with Crippen LogP contribution < -0.4 is 5.32 Å². The van der Waals surface area contributed by atoms with Gasteiger partial charge in [-0.3, -0.25) is 0 Å². The molecule has 0 radical (unpaired) electrons. The van der Waals surface area contributed by atoms with Crippen molar-refractivity contribution >= 4 is 23.2 Å². The van der Waals surface area contributed by atoms with Gasteiger partial charge in [-0.2, -0.15) is 0 Å². The molecule has 1 unspecified atom stereocenters. The Morgan fingerprint density at radius 3 is 2.67 bits per heavy atom. The van der Waals surface area contributed by atoms with E-state index >= 15 is 0 Å². The fourth-order valence-corrected chi connectivity index (χ4v) is 1.94. The lowest BCUT2D eigenvalue weighted by Gasteiger charge is -2.18. The van der Waals surface area contributed by atoms with Crippen molar-refractivity contribution in [3.8, 4) is 0 Å². The van der Waals surface area contributed by atoms with E-state index in [1.807, 2.05) is 26.1 Å². The number of likely N-dealkylation sites (N-methyl/N-ethyl adjacent to an activating group) is 1. The average Bonchev–Trinajstić information content (AvgIpc) is 2.17. The van der Waals surface area contributed by atoms with Gasteiger partial charge in [0.25, 0.3) is 0 Å². The predicted molar refractivity (Wildman–Crippen MR) is 64.8 cm³/mol. The maximum absolute atomic E-state index is 6.10. The molecule has 1 aromatic rings. The van der Waals surface area contributed by atoms with E-state index in [9.17, 15) is 0 Å². The van der Waals surface area contributed by atoms with E-state index in [1.165, 1.54) is 0 Å². The van der Waals surface area contributed by atoms with Crippen LogP contribution >= 0.6 is 23.2 Å². The minimum Gasteiger partial charge on any atom is -0.372 e. The number of halogens is 2. The fraction of sp³-hybridized carbons (Fsp3) is 0.455. The van der Waals surface area contributed by atoms with Crippen molar-refractivity contribution in [2.45, 2.75) is 13.0 Å². The van der Waals surface area contributed by atoms with Crippen molar-refractivity contribution in [1.82, 2.24) is 5.32 Å². The lowest BCUT2D eigenvalue weighted by Crippen LogP contribution is -2.20. The van der Waals surface area contributed by atoms with Crippen LogP contribution in [0.1, 0.15) is 18.6 Å². The first kappa shape index (κ1) is 12.8. The maximum atomic E-state index is 6.10. The van der Waals surface area contributed by atoms with E-state index in [4.69, 9.17) is 27.9 Å². The molecule has 4 heteroatoms. The number of nitrogens with one attached hydrogen (secondary N) is 1. The molecule has 0 bridgehead atoms. The topological polar surface area (TPSA) is 21.3 Å². The Morgan fingerprint density at radius 2 is 2.13 bits per heavy atom. The van der Waals surface area contributed by atoms with E-state index < -0.39 is 0 Å². The molecule has 0 amide bonds. The molecular weight excluding hydrogens is 233 g/mol. The first-order valence-electron chi connectivity index (χ1n) is 4.90. The highest BCUT2D eigenvalue weighted by Crippen LogP contribution is 2.27. The second kappa shape index (κ2) is 6.33. The highest BCUT2D eigenvalue weighted by Gasteiger charge is 2.14. The molecule has 0 saturated carbocycles. The van der Waals surface area contributed by atoms with E-state index in [0.29, 0.717) is 16.7 Å². The van der Waals surface area contributed by atoms with Crippen LogP contribution in [0, 0.1) is 0 Å². The molecule has 0 spiro atoms. The highest BCUT2D eigenvalue weighted by molar-refractivity contribution is 6.35. The standard InChI is InChI=1S/C11H15Cl2NO/c1-3-15-11(7-14-2)9-5-4-8(12)6-10(9)13/h4-6,11,14H,3,7H2,1-2H3.